The molecule has 0 saturated heterocycles. The molecule has 3 heteroatoms. The Morgan fingerprint density at radius 2 is 2.15 bits per heavy atom. The third-order valence-electron chi connectivity index (χ3n) is 1.63. The minimum atomic E-state index is 0.474. The van der Waals surface area contributed by atoms with Gasteiger partial charge in [-0.15, -0.1) is 0 Å². The molecule has 2 aromatic rings. The van der Waals surface area contributed by atoms with Gasteiger partial charge in [0.05, 0.1) is 0 Å². The first-order valence-corrected chi connectivity index (χ1v) is 3.92. The predicted octanol–water partition coefficient (Wildman–Crippen LogP) is 1.53. The van der Waals surface area contributed by atoms with Crippen molar-refractivity contribution in [2.24, 2.45) is 0 Å². The molecule has 0 amide bonds. The van der Waals surface area contributed by atoms with Gasteiger partial charge in [0, 0.05) is 11.8 Å². The van der Waals surface area contributed by atoms with E-state index in [0.29, 0.717) is 11.6 Å². The molecule has 0 unspecified atom stereocenters. The molecule has 0 spiro atoms. The summed E-state index contributed by atoms with van der Waals surface area (Å²) in [5.74, 6) is 1.09. The maximum Gasteiger partial charge on any atom is 0.162 e. The molecule has 13 heavy (non-hydrogen) atoms. The second-order valence-electron chi connectivity index (χ2n) is 2.58. The molecule has 3 nitrogen and oxygen atoms in total. The average Bonchev–Trinajstić information content (AvgIpc) is 2.19. The van der Waals surface area contributed by atoms with Crippen LogP contribution in [0.5, 0.6) is 0 Å². The van der Waals surface area contributed by atoms with E-state index in [0.717, 1.165) is 5.56 Å². The average molecular weight is 170 g/mol. The van der Waals surface area contributed by atoms with E-state index in [2.05, 4.69) is 16.0 Å². The largest absolute Gasteiger partial charge is 0.384 e. The maximum absolute atomic E-state index is 5.53. The molecule has 0 fully saturated rings. The molecule has 0 aliphatic carbocycles. The fraction of sp³-hybridized carbons (Fsp3) is 0. The van der Waals surface area contributed by atoms with Gasteiger partial charge in [-0.25, -0.2) is 9.97 Å². The quantitative estimate of drug-likeness (QED) is 0.706. The molecule has 0 aliphatic rings. The van der Waals surface area contributed by atoms with E-state index in [-0.39, 0.29) is 0 Å². The second-order valence-corrected chi connectivity index (χ2v) is 2.58. The van der Waals surface area contributed by atoms with Gasteiger partial charge < -0.3 is 5.73 Å². The monoisotopic (exact) mass is 170 g/mol. The summed E-state index contributed by atoms with van der Waals surface area (Å²) in [6.07, 6.45) is 1.64. The number of hydrogen-bond acceptors (Lipinski definition) is 3. The molecular formula is C10H8N3. The number of nitrogens with zero attached hydrogens (tertiary/aromatic N) is 2. The predicted molar refractivity (Wildman–Crippen MR) is 50.7 cm³/mol. The molecule has 2 N–H and O–H groups in total. The normalized spacial score (nSPS) is 9.85. The van der Waals surface area contributed by atoms with Crippen LogP contribution >= 0.6 is 0 Å². The Balaban J connectivity index is 2.48. The third kappa shape index (κ3) is 1.64. The summed E-state index contributed by atoms with van der Waals surface area (Å²) in [4.78, 5) is 8.17. The first kappa shape index (κ1) is 7.73. The first-order chi connectivity index (χ1) is 6.36. The Bertz CT molecular complexity index is 398. The molecule has 0 saturated carbocycles. The van der Waals surface area contributed by atoms with E-state index in [1.165, 1.54) is 0 Å². The van der Waals surface area contributed by atoms with E-state index < -0.39 is 0 Å². The summed E-state index contributed by atoms with van der Waals surface area (Å²) in [5.41, 5.74) is 6.39. The van der Waals surface area contributed by atoms with Gasteiger partial charge in [0.25, 0.3) is 0 Å². The summed E-state index contributed by atoms with van der Waals surface area (Å²) < 4.78 is 0. The van der Waals surface area contributed by atoms with Crippen LogP contribution in [0.3, 0.4) is 0 Å². The minimum absolute atomic E-state index is 0.474. The van der Waals surface area contributed by atoms with Crippen LogP contribution in [0.4, 0.5) is 5.82 Å². The molecule has 1 heterocycles. The van der Waals surface area contributed by atoms with Gasteiger partial charge in [-0.1, -0.05) is 24.3 Å². The van der Waals surface area contributed by atoms with E-state index in [1.54, 1.807) is 12.3 Å². The number of aromatic nitrogens is 2. The molecule has 0 bridgehead atoms. The number of nitrogens with two attached hydrogens (primary N) is 1. The highest BCUT2D eigenvalue weighted by molar-refractivity contribution is 5.54. The third-order valence-corrected chi connectivity index (χ3v) is 1.63. The van der Waals surface area contributed by atoms with Gasteiger partial charge in [0.1, 0.15) is 5.82 Å². The highest BCUT2D eigenvalue weighted by atomic mass is 14.9. The maximum atomic E-state index is 5.53. The van der Waals surface area contributed by atoms with E-state index in [4.69, 9.17) is 5.73 Å². The highest BCUT2D eigenvalue weighted by Crippen LogP contribution is 2.12. The van der Waals surface area contributed by atoms with Crippen molar-refractivity contribution in [3.8, 4) is 11.4 Å². The Hall–Kier alpha value is -1.90. The van der Waals surface area contributed by atoms with Crippen molar-refractivity contribution in [2.75, 3.05) is 5.73 Å². The van der Waals surface area contributed by atoms with Crippen LogP contribution in [0, 0.1) is 6.07 Å². The number of hydrogen-bond donors (Lipinski definition) is 1. The number of benzene rings is 1. The van der Waals surface area contributed by atoms with Crippen LogP contribution in [0.15, 0.2) is 36.5 Å². The van der Waals surface area contributed by atoms with Crippen LogP contribution in [0.2, 0.25) is 0 Å². The van der Waals surface area contributed by atoms with Crippen LogP contribution in [0.1, 0.15) is 0 Å². The first-order valence-electron chi connectivity index (χ1n) is 3.92. The van der Waals surface area contributed by atoms with Crippen molar-refractivity contribution >= 4 is 5.82 Å². The van der Waals surface area contributed by atoms with Crippen LogP contribution < -0.4 is 5.73 Å². The lowest BCUT2D eigenvalue weighted by Crippen LogP contribution is -1.94. The summed E-state index contributed by atoms with van der Waals surface area (Å²) in [6.45, 7) is 0. The molecule has 0 atom stereocenters. The molecule has 0 aliphatic heterocycles. The number of anilines is 1. The van der Waals surface area contributed by atoms with E-state index in [1.807, 2.05) is 24.3 Å². The zero-order valence-electron chi connectivity index (χ0n) is 6.94. The summed E-state index contributed by atoms with van der Waals surface area (Å²) in [6, 6.07) is 12.2. The van der Waals surface area contributed by atoms with E-state index >= 15 is 0 Å². The van der Waals surface area contributed by atoms with Crippen molar-refractivity contribution < 1.29 is 0 Å². The zero-order chi connectivity index (χ0) is 9.10. The molecule has 63 valence electrons. The Morgan fingerprint density at radius 3 is 2.85 bits per heavy atom. The molecule has 1 aromatic heterocycles. The van der Waals surface area contributed by atoms with Crippen LogP contribution in [-0.2, 0) is 0 Å². The van der Waals surface area contributed by atoms with Gasteiger partial charge in [-0.05, 0) is 12.1 Å². The SMILES string of the molecule is Nc1ccnc(-c2[c]cccc2)n1. The number of nitrogen functional groups attached to an aromatic ring is 1. The Morgan fingerprint density at radius 1 is 1.23 bits per heavy atom. The van der Waals surface area contributed by atoms with Gasteiger partial charge in [0.2, 0.25) is 0 Å². The van der Waals surface area contributed by atoms with Gasteiger partial charge >= 0.3 is 0 Å². The topological polar surface area (TPSA) is 51.8 Å². The molecule has 1 aromatic carbocycles. The smallest absolute Gasteiger partial charge is 0.162 e. The van der Waals surface area contributed by atoms with Crippen molar-refractivity contribution in [3.63, 3.8) is 0 Å². The lowest BCUT2D eigenvalue weighted by Gasteiger charge is -1.98. The van der Waals surface area contributed by atoms with Crippen molar-refractivity contribution in [2.45, 2.75) is 0 Å². The van der Waals surface area contributed by atoms with E-state index in [9.17, 15) is 0 Å². The molecular weight excluding hydrogens is 162 g/mol. The lowest BCUT2D eigenvalue weighted by molar-refractivity contribution is 1.18. The van der Waals surface area contributed by atoms with Gasteiger partial charge in [0.15, 0.2) is 5.82 Å². The van der Waals surface area contributed by atoms with Crippen molar-refractivity contribution in [1.29, 1.82) is 0 Å². The van der Waals surface area contributed by atoms with Crippen molar-refractivity contribution in [3.05, 3.63) is 42.6 Å². The standard InChI is InChI=1S/C10H8N3/c11-9-6-7-12-10(13-9)8-4-2-1-3-5-8/h1-4,6-7H,(H2,11,12,13). The Kier molecular flexibility index (Phi) is 1.92. The highest BCUT2D eigenvalue weighted by Gasteiger charge is 1.98. The van der Waals surface area contributed by atoms with Gasteiger partial charge in [-0.3, -0.25) is 0 Å². The zero-order valence-corrected chi connectivity index (χ0v) is 6.94. The molecule has 2 rings (SSSR count). The summed E-state index contributed by atoms with van der Waals surface area (Å²) in [7, 11) is 0. The van der Waals surface area contributed by atoms with Crippen LogP contribution in [0.25, 0.3) is 11.4 Å². The van der Waals surface area contributed by atoms with Crippen LogP contribution in [-0.4, -0.2) is 9.97 Å². The minimum Gasteiger partial charge on any atom is -0.384 e. The van der Waals surface area contributed by atoms with Gasteiger partial charge in [-0.2, -0.15) is 0 Å². The number of rotatable bonds is 1. The Labute approximate surface area is 76.3 Å². The molecule has 1 radical (unpaired) electrons. The summed E-state index contributed by atoms with van der Waals surface area (Å²) in [5, 5.41) is 0. The summed E-state index contributed by atoms with van der Waals surface area (Å²) >= 11 is 0. The second kappa shape index (κ2) is 3.23. The lowest BCUT2D eigenvalue weighted by atomic mass is 10.2. The fourth-order valence-electron chi connectivity index (χ4n) is 1.03. The van der Waals surface area contributed by atoms with Crippen molar-refractivity contribution in [1.82, 2.24) is 9.97 Å². The fourth-order valence-corrected chi connectivity index (χ4v) is 1.03.